The summed E-state index contributed by atoms with van der Waals surface area (Å²) in [5.74, 6) is 1.70. The number of hydrogen-bond donors (Lipinski definition) is 0. The number of carbonyl (C=O) groups is 1. The van der Waals surface area contributed by atoms with Crippen molar-refractivity contribution in [2.75, 3.05) is 7.11 Å². The number of carbonyl (C=O) groups excluding carboxylic acids is 1. The van der Waals surface area contributed by atoms with Gasteiger partial charge in [-0.1, -0.05) is 48.5 Å². The van der Waals surface area contributed by atoms with Crippen molar-refractivity contribution in [2.45, 2.75) is 88.9 Å². The second-order valence-corrected chi connectivity index (χ2v) is 9.90. The Hall–Kier alpha value is -2.59. The molecular weight excluding hydrogens is 424 g/mol. The quantitative estimate of drug-likeness (QED) is 0.313. The summed E-state index contributed by atoms with van der Waals surface area (Å²) in [6, 6.07) is 15.3. The molecule has 182 valence electrons. The van der Waals surface area contributed by atoms with Gasteiger partial charge in [0.2, 0.25) is 0 Å². The molecule has 0 unspecified atom stereocenters. The van der Waals surface area contributed by atoms with Crippen LogP contribution in [-0.2, 0) is 20.9 Å². The molecule has 2 saturated carbocycles. The lowest BCUT2D eigenvalue weighted by molar-refractivity contribution is -0.138. The van der Waals surface area contributed by atoms with E-state index in [0.717, 1.165) is 49.8 Å². The van der Waals surface area contributed by atoms with Crippen molar-refractivity contribution in [3.05, 3.63) is 77.4 Å². The van der Waals surface area contributed by atoms with E-state index in [9.17, 15) is 4.79 Å². The molecule has 4 nitrogen and oxygen atoms in total. The van der Waals surface area contributed by atoms with Gasteiger partial charge in [0.05, 0.1) is 12.2 Å². The van der Waals surface area contributed by atoms with Crippen LogP contribution in [0.3, 0.4) is 0 Å². The molecule has 2 aromatic rings. The fraction of sp³-hybridized carbons (Fsp3) is 0.500. The molecule has 0 saturated heterocycles. The van der Waals surface area contributed by atoms with E-state index in [1.165, 1.54) is 35.6 Å². The van der Waals surface area contributed by atoms with Crippen molar-refractivity contribution in [1.29, 1.82) is 0 Å². The largest absolute Gasteiger partial charge is 0.490 e. The van der Waals surface area contributed by atoms with Crippen LogP contribution in [0.1, 0.15) is 85.5 Å². The first-order valence-corrected chi connectivity index (χ1v) is 12.7. The van der Waals surface area contributed by atoms with Gasteiger partial charge in [0.15, 0.2) is 0 Å². The molecule has 0 bridgehead atoms. The van der Waals surface area contributed by atoms with E-state index in [4.69, 9.17) is 14.2 Å². The van der Waals surface area contributed by atoms with Crippen molar-refractivity contribution in [1.82, 2.24) is 0 Å². The summed E-state index contributed by atoms with van der Waals surface area (Å²) in [5, 5.41) is 0. The van der Waals surface area contributed by atoms with E-state index in [1.807, 2.05) is 0 Å². The molecule has 0 aliphatic heterocycles. The van der Waals surface area contributed by atoms with Crippen LogP contribution in [0.4, 0.5) is 0 Å². The molecule has 2 fully saturated rings. The van der Waals surface area contributed by atoms with E-state index in [1.54, 1.807) is 7.11 Å². The van der Waals surface area contributed by atoms with Gasteiger partial charge in [-0.3, -0.25) is 0 Å². The number of rotatable bonds is 8. The smallest absolute Gasteiger partial charge is 0.330 e. The molecule has 0 aromatic heterocycles. The van der Waals surface area contributed by atoms with Gasteiger partial charge in [-0.15, -0.1) is 0 Å². The summed E-state index contributed by atoms with van der Waals surface area (Å²) >= 11 is 0. The summed E-state index contributed by atoms with van der Waals surface area (Å²) < 4.78 is 17.4. The van der Waals surface area contributed by atoms with E-state index >= 15 is 0 Å². The molecule has 2 aliphatic carbocycles. The molecule has 0 spiro atoms. The minimum absolute atomic E-state index is 0.208. The minimum Gasteiger partial charge on any atom is -0.490 e. The number of hydrogen-bond acceptors (Lipinski definition) is 4. The van der Waals surface area contributed by atoms with E-state index in [-0.39, 0.29) is 12.7 Å². The third kappa shape index (κ3) is 6.29. The first-order valence-electron chi connectivity index (χ1n) is 12.7. The highest BCUT2D eigenvalue weighted by molar-refractivity contribution is 5.81. The molecule has 0 N–H and O–H groups in total. The summed E-state index contributed by atoms with van der Waals surface area (Å²) in [6.07, 6.45) is 10.6. The van der Waals surface area contributed by atoms with Crippen LogP contribution >= 0.6 is 0 Å². The fourth-order valence-corrected chi connectivity index (χ4v) is 5.55. The number of ether oxygens (including phenoxy) is 3. The maximum absolute atomic E-state index is 11.5. The topological polar surface area (TPSA) is 44.8 Å². The van der Waals surface area contributed by atoms with Crippen molar-refractivity contribution >= 4 is 5.97 Å². The van der Waals surface area contributed by atoms with Gasteiger partial charge >= 0.3 is 5.97 Å². The van der Waals surface area contributed by atoms with Crippen LogP contribution in [0.5, 0.6) is 5.75 Å². The Labute approximate surface area is 204 Å². The van der Waals surface area contributed by atoms with Crippen LogP contribution < -0.4 is 4.74 Å². The first-order chi connectivity index (χ1) is 16.6. The third-order valence-electron chi connectivity index (χ3n) is 7.55. The zero-order valence-electron chi connectivity index (χ0n) is 20.6. The Balaban J connectivity index is 1.47. The molecule has 0 amide bonds. The second kappa shape index (κ2) is 11.7. The maximum atomic E-state index is 11.5. The number of benzene rings is 2. The average Bonchev–Trinajstić information content (AvgIpc) is 2.88. The van der Waals surface area contributed by atoms with Crippen LogP contribution in [0, 0.1) is 6.92 Å². The Morgan fingerprint density at radius 1 is 0.941 bits per heavy atom. The highest BCUT2D eigenvalue weighted by Gasteiger charge is 2.28. The Bertz CT molecular complexity index is 966. The van der Waals surface area contributed by atoms with E-state index in [2.05, 4.69) is 56.0 Å². The SMILES string of the molecule is C=CC(=O)OCc1ccc(C2CCC(c3cccc(C)c3)CC2)c(OC2CCC(OC)CC2)c1. The van der Waals surface area contributed by atoms with Gasteiger partial charge in [-0.05, 0) is 92.9 Å². The van der Waals surface area contributed by atoms with Gasteiger partial charge in [0, 0.05) is 13.2 Å². The van der Waals surface area contributed by atoms with E-state index < -0.39 is 5.97 Å². The van der Waals surface area contributed by atoms with Crippen LogP contribution in [0.15, 0.2) is 55.1 Å². The first kappa shape index (κ1) is 24.5. The Morgan fingerprint density at radius 3 is 2.32 bits per heavy atom. The molecule has 0 heterocycles. The molecular formula is C30H38O4. The van der Waals surface area contributed by atoms with Crippen LogP contribution in [0.2, 0.25) is 0 Å². The number of esters is 1. The molecule has 2 aliphatic rings. The lowest BCUT2D eigenvalue weighted by Gasteiger charge is -2.32. The molecule has 0 radical (unpaired) electrons. The standard InChI is InChI=1S/C30H38O4/c1-4-30(31)33-20-22-8-17-28(29(19-22)34-27-15-13-26(32-3)14-16-27)24-11-9-23(10-12-24)25-7-5-6-21(2)18-25/h4-8,17-19,23-24,26-27H,1,9-16,20H2,2-3H3. The highest BCUT2D eigenvalue weighted by Crippen LogP contribution is 2.44. The van der Waals surface area contributed by atoms with Gasteiger partial charge in [0.1, 0.15) is 12.4 Å². The number of methoxy groups -OCH3 is 1. The average molecular weight is 463 g/mol. The normalized spacial score (nSPS) is 24.9. The van der Waals surface area contributed by atoms with Crippen molar-refractivity contribution in [2.24, 2.45) is 0 Å². The molecule has 4 heteroatoms. The summed E-state index contributed by atoms with van der Waals surface area (Å²) in [7, 11) is 1.80. The van der Waals surface area contributed by atoms with Crippen molar-refractivity contribution < 1.29 is 19.0 Å². The van der Waals surface area contributed by atoms with Crippen LogP contribution in [-0.4, -0.2) is 25.3 Å². The van der Waals surface area contributed by atoms with Crippen LogP contribution in [0.25, 0.3) is 0 Å². The number of aryl methyl sites for hydroxylation is 1. The van der Waals surface area contributed by atoms with Gasteiger partial charge in [0.25, 0.3) is 0 Å². The van der Waals surface area contributed by atoms with E-state index in [0.29, 0.717) is 17.9 Å². The zero-order chi connectivity index (χ0) is 23.9. The van der Waals surface area contributed by atoms with Crippen molar-refractivity contribution in [3.8, 4) is 5.75 Å². The maximum Gasteiger partial charge on any atom is 0.330 e. The molecule has 2 aromatic carbocycles. The Morgan fingerprint density at radius 2 is 1.65 bits per heavy atom. The Kier molecular flexibility index (Phi) is 8.44. The molecule has 4 rings (SSSR count). The van der Waals surface area contributed by atoms with Crippen molar-refractivity contribution in [3.63, 3.8) is 0 Å². The highest BCUT2D eigenvalue weighted by atomic mass is 16.5. The van der Waals surface area contributed by atoms with Gasteiger partial charge < -0.3 is 14.2 Å². The fourth-order valence-electron chi connectivity index (χ4n) is 5.55. The lowest BCUT2D eigenvalue weighted by atomic mass is 9.75. The monoisotopic (exact) mass is 462 g/mol. The lowest BCUT2D eigenvalue weighted by Crippen LogP contribution is -2.28. The van der Waals surface area contributed by atoms with Gasteiger partial charge in [-0.25, -0.2) is 4.79 Å². The predicted molar refractivity (Wildman–Crippen MR) is 135 cm³/mol. The molecule has 0 atom stereocenters. The second-order valence-electron chi connectivity index (χ2n) is 9.90. The summed E-state index contributed by atoms with van der Waals surface area (Å²) in [6.45, 7) is 5.89. The summed E-state index contributed by atoms with van der Waals surface area (Å²) in [5.41, 5.74) is 5.07. The van der Waals surface area contributed by atoms with Gasteiger partial charge in [-0.2, -0.15) is 0 Å². The molecule has 34 heavy (non-hydrogen) atoms. The minimum atomic E-state index is -0.404. The summed E-state index contributed by atoms with van der Waals surface area (Å²) in [4.78, 5) is 11.5. The zero-order valence-corrected chi connectivity index (χ0v) is 20.6. The third-order valence-corrected chi connectivity index (χ3v) is 7.55. The predicted octanol–water partition coefficient (Wildman–Crippen LogP) is 7.00.